The van der Waals surface area contributed by atoms with E-state index < -0.39 is 0 Å². The molecular weight excluding hydrogens is 258 g/mol. The molecule has 1 atom stereocenters. The molecule has 0 spiro atoms. The smallest absolute Gasteiger partial charge is 0.233 e. The molecule has 1 aliphatic carbocycles. The molecule has 1 unspecified atom stereocenters. The zero-order valence-electron chi connectivity index (χ0n) is 12.3. The molecule has 2 aromatic rings. The van der Waals surface area contributed by atoms with Crippen LogP contribution in [-0.4, -0.2) is 17.4 Å². The Kier molecular flexibility index (Phi) is 2.68. The maximum Gasteiger partial charge on any atom is 0.233 e. The molecule has 0 bridgehead atoms. The van der Waals surface area contributed by atoms with E-state index in [1.807, 2.05) is 11.0 Å². The molecule has 1 heterocycles. The molecular formula is C19H19NO. The van der Waals surface area contributed by atoms with E-state index in [2.05, 4.69) is 49.4 Å². The Morgan fingerprint density at radius 2 is 1.67 bits per heavy atom. The van der Waals surface area contributed by atoms with Crippen molar-refractivity contribution in [2.75, 3.05) is 6.54 Å². The number of fused-ring (bicyclic) bond motifs is 2. The van der Waals surface area contributed by atoms with E-state index in [-0.39, 0.29) is 11.3 Å². The Morgan fingerprint density at radius 3 is 2.43 bits per heavy atom. The summed E-state index contributed by atoms with van der Waals surface area (Å²) in [5.41, 5.74) is 4.91. The van der Waals surface area contributed by atoms with Crippen molar-refractivity contribution >= 4 is 5.91 Å². The van der Waals surface area contributed by atoms with Crippen molar-refractivity contribution in [1.29, 1.82) is 0 Å². The predicted octanol–water partition coefficient (Wildman–Crippen LogP) is 3.09. The molecule has 2 heteroatoms. The van der Waals surface area contributed by atoms with E-state index in [0.717, 1.165) is 25.9 Å². The van der Waals surface area contributed by atoms with Crippen LogP contribution in [0.4, 0.5) is 0 Å². The first-order chi connectivity index (χ1) is 10.2. The van der Waals surface area contributed by atoms with Crippen LogP contribution < -0.4 is 0 Å². The largest absolute Gasteiger partial charge is 0.337 e. The van der Waals surface area contributed by atoms with E-state index in [4.69, 9.17) is 0 Å². The third kappa shape index (κ3) is 1.82. The summed E-state index contributed by atoms with van der Waals surface area (Å²) in [5, 5.41) is 0. The normalized spacial score (nSPS) is 23.0. The van der Waals surface area contributed by atoms with Crippen LogP contribution in [0.5, 0.6) is 0 Å². The van der Waals surface area contributed by atoms with Gasteiger partial charge in [0.05, 0.1) is 5.41 Å². The molecule has 0 fully saturated rings. The van der Waals surface area contributed by atoms with Crippen LogP contribution in [0.15, 0.2) is 48.5 Å². The lowest BCUT2D eigenvalue weighted by atomic mass is 9.64. The van der Waals surface area contributed by atoms with Crippen molar-refractivity contribution in [2.45, 2.75) is 31.7 Å². The topological polar surface area (TPSA) is 20.3 Å². The second-order valence-corrected chi connectivity index (χ2v) is 6.41. The predicted molar refractivity (Wildman–Crippen MR) is 83.1 cm³/mol. The van der Waals surface area contributed by atoms with Gasteiger partial charge in [0, 0.05) is 13.1 Å². The molecule has 2 nitrogen and oxygen atoms in total. The number of benzene rings is 2. The number of carbonyl (C=O) groups excluding carboxylic acids is 1. The first-order valence-electron chi connectivity index (χ1n) is 7.63. The molecule has 0 N–H and O–H groups in total. The van der Waals surface area contributed by atoms with Gasteiger partial charge in [-0.15, -0.1) is 0 Å². The summed E-state index contributed by atoms with van der Waals surface area (Å²) < 4.78 is 0. The fourth-order valence-electron chi connectivity index (χ4n) is 3.79. The average molecular weight is 277 g/mol. The molecule has 21 heavy (non-hydrogen) atoms. The molecule has 1 amide bonds. The van der Waals surface area contributed by atoms with Gasteiger partial charge in [-0.05, 0) is 42.0 Å². The van der Waals surface area contributed by atoms with E-state index in [1.54, 1.807) is 0 Å². The van der Waals surface area contributed by atoms with E-state index in [1.165, 1.54) is 22.3 Å². The van der Waals surface area contributed by atoms with Gasteiger partial charge in [0.1, 0.15) is 0 Å². The van der Waals surface area contributed by atoms with Gasteiger partial charge in [0.25, 0.3) is 0 Å². The number of nitrogens with zero attached hydrogens (tertiary/aromatic N) is 1. The summed E-state index contributed by atoms with van der Waals surface area (Å²) in [6.45, 7) is 3.69. The molecule has 0 aromatic heterocycles. The van der Waals surface area contributed by atoms with Crippen LogP contribution >= 0.6 is 0 Å². The van der Waals surface area contributed by atoms with Crippen molar-refractivity contribution in [3.8, 4) is 0 Å². The molecule has 4 rings (SSSR count). The minimum absolute atomic E-state index is 0.288. The Labute approximate surface area is 125 Å². The summed E-state index contributed by atoms with van der Waals surface area (Å²) >= 11 is 0. The highest BCUT2D eigenvalue weighted by molar-refractivity contribution is 5.91. The van der Waals surface area contributed by atoms with E-state index >= 15 is 0 Å². The monoisotopic (exact) mass is 277 g/mol. The number of amides is 1. The maximum absolute atomic E-state index is 13.0. The zero-order valence-corrected chi connectivity index (χ0v) is 12.3. The number of hydrogen-bond acceptors (Lipinski definition) is 1. The van der Waals surface area contributed by atoms with Crippen molar-refractivity contribution in [3.63, 3.8) is 0 Å². The van der Waals surface area contributed by atoms with Crippen molar-refractivity contribution in [1.82, 2.24) is 4.90 Å². The van der Waals surface area contributed by atoms with Gasteiger partial charge in [-0.2, -0.15) is 0 Å². The molecule has 0 radical (unpaired) electrons. The second kappa shape index (κ2) is 4.45. The lowest BCUT2D eigenvalue weighted by Gasteiger charge is -2.44. The fraction of sp³-hybridized carbons (Fsp3) is 0.316. The van der Waals surface area contributed by atoms with E-state index in [0.29, 0.717) is 0 Å². The van der Waals surface area contributed by atoms with Crippen molar-refractivity contribution in [2.24, 2.45) is 0 Å². The minimum Gasteiger partial charge on any atom is -0.337 e. The summed E-state index contributed by atoms with van der Waals surface area (Å²) in [6, 6.07) is 16.8. The first kappa shape index (κ1) is 12.6. The third-order valence-corrected chi connectivity index (χ3v) is 5.05. The standard InChI is InChI=1S/C19H19NO/c1-19(12-15-7-4-5-9-17(15)19)18(21)20-11-10-14-6-2-3-8-16(14)13-20/h2-9H,10-13H2,1H3. The highest BCUT2D eigenvalue weighted by Crippen LogP contribution is 2.42. The van der Waals surface area contributed by atoms with Crippen molar-refractivity contribution in [3.05, 3.63) is 70.8 Å². The summed E-state index contributed by atoms with van der Waals surface area (Å²) in [7, 11) is 0. The first-order valence-corrected chi connectivity index (χ1v) is 7.63. The number of carbonyl (C=O) groups is 1. The van der Waals surface area contributed by atoms with Gasteiger partial charge < -0.3 is 4.90 Å². The van der Waals surface area contributed by atoms with Gasteiger partial charge in [-0.1, -0.05) is 48.5 Å². The second-order valence-electron chi connectivity index (χ2n) is 6.41. The SMILES string of the molecule is CC1(C(=O)N2CCc3ccccc3C2)Cc2ccccc21. The lowest BCUT2D eigenvalue weighted by Crippen LogP contribution is -2.52. The molecule has 0 saturated heterocycles. The fourth-order valence-corrected chi connectivity index (χ4v) is 3.79. The molecule has 1 aliphatic heterocycles. The van der Waals surface area contributed by atoms with Crippen LogP contribution in [0.25, 0.3) is 0 Å². The number of rotatable bonds is 1. The summed E-state index contributed by atoms with van der Waals surface area (Å²) in [4.78, 5) is 15.0. The summed E-state index contributed by atoms with van der Waals surface area (Å²) in [5.74, 6) is 0.288. The Hall–Kier alpha value is -2.09. The van der Waals surface area contributed by atoms with Gasteiger partial charge in [0.2, 0.25) is 5.91 Å². The minimum atomic E-state index is -0.317. The Balaban J connectivity index is 1.60. The van der Waals surface area contributed by atoms with Gasteiger partial charge in [-0.3, -0.25) is 4.79 Å². The van der Waals surface area contributed by atoms with Gasteiger partial charge in [-0.25, -0.2) is 0 Å². The Morgan fingerprint density at radius 1 is 1.00 bits per heavy atom. The van der Waals surface area contributed by atoms with Gasteiger partial charge in [0.15, 0.2) is 0 Å². The Bertz CT molecular complexity index is 721. The molecule has 2 aromatic carbocycles. The van der Waals surface area contributed by atoms with Crippen LogP contribution in [0.3, 0.4) is 0 Å². The van der Waals surface area contributed by atoms with Crippen LogP contribution in [0.1, 0.15) is 29.2 Å². The van der Waals surface area contributed by atoms with Gasteiger partial charge >= 0.3 is 0 Å². The highest BCUT2D eigenvalue weighted by Gasteiger charge is 2.46. The van der Waals surface area contributed by atoms with Crippen molar-refractivity contribution < 1.29 is 4.79 Å². The third-order valence-electron chi connectivity index (χ3n) is 5.05. The van der Waals surface area contributed by atoms with E-state index in [9.17, 15) is 4.79 Å². The van der Waals surface area contributed by atoms with Crippen LogP contribution in [0, 0.1) is 0 Å². The summed E-state index contributed by atoms with van der Waals surface area (Å²) in [6.07, 6.45) is 1.85. The molecule has 106 valence electrons. The van der Waals surface area contributed by atoms with Crippen LogP contribution in [0.2, 0.25) is 0 Å². The molecule has 2 aliphatic rings. The molecule has 0 saturated carbocycles. The zero-order chi connectivity index (χ0) is 14.4. The van der Waals surface area contributed by atoms with Crippen LogP contribution in [-0.2, 0) is 29.6 Å². The lowest BCUT2D eigenvalue weighted by molar-refractivity contribution is -0.138. The quantitative estimate of drug-likeness (QED) is 0.784. The highest BCUT2D eigenvalue weighted by atomic mass is 16.2. The number of hydrogen-bond donors (Lipinski definition) is 0. The maximum atomic E-state index is 13.0. The average Bonchev–Trinajstić information content (AvgIpc) is 2.52.